The molecular weight excluding hydrogens is 468 g/mol. The van der Waals surface area contributed by atoms with Gasteiger partial charge in [-0.2, -0.15) is 5.10 Å². The van der Waals surface area contributed by atoms with Crippen LogP contribution in [0.4, 0.5) is 14.5 Å². The summed E-state index contributed by atoms with van der Waals surface area (Å²) >= 11 is 0. The van der Waals surface area contributed by atoms with Crippen LogP contribution in [0.15, 0.2) is 55.1 Å². The summed E-state index contributed by atoms with van der Waals surface area (Å²) in [5, 5.41) is 4.11. The Bertz CT molecular complexity index is 1140. The Morgan fingerprint density at radius 2 is 1.86 bits per heavy atom. The summed E-state index contributed by atoms with van der Waals surface area (Å²) in [6.45, 7) is 8.90. The van der Waals surface area contributed by atoms with Crippen molar-refractivity contribution in [1.29, 1.82) is 0 Å². The summed E-state index contributed by atoms with van der Waals surface area (Å²) in [4.78, 5) is 8.80. The summed E-state index contributed by atoms with van der Waals surface area (Å²) in [6.07, 6.45) is 2.17. The number of halogens is 2. The smallest absolute Gasteiger partial charge is 0.193 e. The van der Waals surface area contributed by atoms with Crippen molar-refractivity contribution in [3.05, 3.63) is 72.3 Å². The second-order valence-corrected chi connectivity index (χ2v) is 9.49. The molecule has 10 heteroatoms. The standard InChI is InChI=1S/C26H31F2N5O3/c1-19(2)31-9-11-32(12-10-31)21-4-6-22(7-5-21)34-14-25-35-16-26(36-25,15-33-18-29-17-30-33)23-8-3-20(27)13-24(23)28/h3-8,13,17-19,25H,9-12,14-16H2,1-2H3. The SMILES string of the molecule is CC(C)N1CCN(c2ccc(OCC3OCC(Cn4cncn4)(c4ccc(F)cc4F)O3)cc2)CC1. The molecule has 0 saturated carbocycles. The molecule has 0 amide bonds. The lowest BCUT2D eigenvalue weighted by atomic mass is 9.94. The highest BCUT2D eigenvalue weighted by atomic mass is 19.1. The van der Waals surface area contributed by atoms with Crippen LogP contribution in [-0.2, 0) is 21.6 Å². The van der Waals surface area contributed by atoms with Gasteiger partial charge in [-0.1, -0.05) is 6.07 Å². The van der Waals surface area contributed by atoms with Crippen LogP contribution in [0.3, 0.4) is 0 Å². The van der Waals surface area contributed by atoms with E-state index in [0.717, 1.165) is 37.9 Å². The van der Waals surface area contributed by atoms with Crippen molar-refractivity contribution in [2.75, 3.05) is 44.3 Å². The lowest BCUT2D eigenvalue weighted by Crippen LogP contribution is -2.48. The molecule has 8 nitrogen and oxygen atoms in total. The third kappa shape index (κ3) is 5.35. The lowest BCUT2D eigenvalue weighted by Gasteiger charge is -2.38. The molecule has 5 rings (SSSR count). The summed E-state index contributed by atoms with van der Waals surface area (Å²) in [5.74, 6) is -0.671. The van der Waals surface area contributed by atoms with Crippen molar-refractivity contribution in [1.82, 2.24) is 19.7 Å². The van der Waals surface area contributed by atoms with E-state index in [0.29, 0.717) is 11.8 Å². The molecule has 0 radical (unpaired) electrons. The second kappa shape index (κ2) is 10.5. The first-order valence-corrected chi connectivity index (χ1v) is 12.2. The molecule has 0 spiro atoms. The largest absolute Gasteiger partial charge is 0.488 e. The van der Waals surface area contributed by atoms with Gasteiger partial charge in [0.25, 0.3) is 0 Å². The predicted molar refractivity (Wildman–Crippen MR) is 130 cm³/mol. The molecule has 3 heterocycles. The van der Waals surface area contributed by atoms with E-state index in [2.05, 4.69) is 45.9 Å². The van der Waals surface area contributed by atoms with E-state index in [4.69, 9.17) is 14.2 Å². The first-order valence-electron chi connectivity index (χ1n) is 12.2. The van der Waals surface area contributed by atoms with Gasteiger partial charge in [0, 0.05) is 49.5 Å². The molecule has 0 bridgehead atoms. The normalized spacial score (nSPS) is 22.9. The van der Waals surface area contributed by atoms with Crippen LogP contribution in [0.2, 0.25) is 0 Å². The predicted octanol–water partition coefficient (Wildman–Crippen LogP) is 3.43. The van der Waals surface area contributed by atoms with Gasteiger partial charge in [0.2, 0.25) is 0 Å². The zero-order chi connectivity index (χ0) is 25.1. The molecule has 3 aromatic rings. The highest BCUT2D eigenvalue weighted by molar-refractivity contribution is 5.49. The van der Waals surface area contributed by atoms with Crippen LogP contribution in [0, 0.1) is 11.6 Å². The van der Waals surface area contributed by atoms with E-state index in [9.17, 15) is 8.78 Å². The lowest BCUT2D eigenvalue weighted by molar-refractivity contribution is -0.117. The Balaban J connectivity index is 1.21. The molecular formula is C26H31F2N5O3. The van der Waals surface area contributed by atoms with E-state index >= 15 is 0 Å². The number of benzene rings is 2. The first kappa shape index (κ1) is 24.6. The fraction of sp³-hybridized carbons (Fsp3) is 0.462. The molecule has 2 unspecified atom stereocenters. The molecule has 2 aliphatic rings. The summed E-state index contributed by atoms with van der Waals surface area (Å²) in [5.41, 5.74) is 0.170. The molecule has 2 atom stereocenters. The van der Waals surface area contributed by atoms with Crippen molar-refractivity contribution in [2.24, 2.45) is 0 Å². The van der Waals surface area contributed by atoms with Gasteiger partial charge in [0.05, 0.1) is 13.2 Å². The summed E-state index contributed by atoms with van der Waals surface area (Å²) < 4.78 is 47.8. The Morgan fingerprint density at radius 1 is 1.08 bits per heavy atom. The van der Waals surface area contributed by atoms with Crippen LogP contribution in [-0.4, -0.2) is 71.4 Å². The third-order valence-electron chi connectivity index (χ3n) is 6.80. The third-order valence-corrected chi connectivity index (χ3v) is 6.80. The highest BCUT2D eigenvalue weighted by Crippen LogP contribution is 2.37. The van der Waals surface area contributed by atoms with Gasteiger partial charge in [-0.05, 0) is 44.2 Å². The van der Waals surface area contributed by atoms with Gasteiger partial charge in [0.15, 0.2) is 6.29 Å². The van der Waals surface area contributed by atoms with Crippen molar-refractivity contribution >= 4 is 5.69 Å². The Kier molecular flexibility index (Phi) is 7.17. The van der Waals surface area contributed by atoms with E-state index in [1.165, 1.54) is 29.5 Å². The van der Waals surface area contributed by atoms with E-state index in [1.54, 1.807) is 0 Å². The van der Waals surface area contributed by atoms with Gasteiger partial charge in [-0.3, -0.25) is 4.90 Å². The Labute approximate surface area is 209 Å². The van der Waals surface area contributed by atoms with E-state index < -0.39 is 23.5 Å². The number of piperazine rings is 1. The van der Waals surface area contributed by atoms with Crippen molar-refractivity contribution < 1.29 is 23.0 Å². The first-order chi connectivity index (χ1) is 17.4. The maximum atomic E-state index is 14.7. The minimum absolute atomic E-state index is 0.0602. The van der Waals surface area contributed by atoms with Crippen LogP contribution in [0.25, 0.3) is 0 Å². The average Bonchev–Trinajstić information content (AvgIpc) is 3.54. The fourth-order valence-corrected chi connectivity index (χ4v) is 4.79. The van der Waals surface area contributed by atoms with E-state index in [-0.39, 0.29) is 25.3 Å². The van der Waals surface area contributed by atoms with E-state index in [1.807, 2.05) is 12.1 Å². The number of anilines is 1. The van der Waals surface area contributed by atoms with Gasteiger partial charge < -0.3 is 19.1 Å². The molecule has 0 aliphatic carbocycles. The van der Waals surface area contributed by atoms with Crippen LogP contribution in [0.1, 0.15) is 19.4 Å². The molecule has 2 saturated heterocycles. The van der Waals surface area contributed by atoms with Gasteiger partial charge in [0.1, 0.15) is 42.2 Å². The van der Waals surface area contributed by atoms with Crippen LogP contribution in [0.5, 0.6) is 5.75 Å². The number of aromatic nitrogens is 3. The monoisotopic (exact) mass is 499 g/mol. The molecule has 2 fully saturated rings. The zero-order valence-electron chi connectivity index (χ0n) is 20.5. The van der Waals surface area contributed by atoms with Crippen molar-refractivity contribution in [3.8, 4) is 5.75 Å². The number of rotatable bonds is 8. The van der Waals surface area contributed by atoms with Crippen LogP contribution < -0.4 is 9.64 Å². The second-order valence-electron chi connectivity index (χ2n) is 9.49. The van der Waals surface area contributed by atoms with Gasteiger partial charge in [-0.15, -0.1) is 0 Å². The quantitative estimate of drug-likeness (QED) is 0.471. The molecule has 2 aliphatic heterocycles. The van der Waals surface area contributed by atoms with Crippen molar-refractivity contribution in [2.45, 2.75) is 38.3 Å². The molecule has 192 valence electrons. The number of hydrogen-bond acceptors (Lipinski definition) is 7. The zero-order valence-corrected chi connectivity index (χ0v) is 20.5. The molecule has 0 N–H and O–H groups in total. The van der Waals surface area contributed by atoms with Gasteiger partial charge in [-0.25, -0.2) is 18.4 Å². The number of hydrogen-bond donors (Lipinski definition) is 0. The number of nitrogens with zero attached hydrogens (tertiary/aromatic N) is 5. The Morgan fingerprint density at radius 3 is 2.53 bits per heavy atom. The average molecular weight is 500 g/mol. The van der Waals surface area contributed by atoms with Crippen molar-refractivity contribution in [3.63, 3.8) is 0 Å². The molecule has 36 heavy (non-hydrogen) atoms. The maximum absolute atomic E-state index is 14.7. The Hall–Kier alpha value is -3.08. The molecule has 2 aromatic carbocycles. The highest BCUT2D eigenvalue weighted by Gasteiger charge is 2.45. The fourth-order valence-electron chi connectivity index (χ4n) is 4.79. The summed E-state index contributed by atoms with van der Waals surface area (Å²) in [6, 6.07) is 12.0. The van der Waals surface area contributed by atoms with Gasteiger partial charge >= 0.3 is 0 Å². The maximum Gasteiger partial charge on any atom is 0.193 e. The minimum atomic E-state index is -1.19. The minimum Gasteiger partial charge on any atom is -0.488 e. The van der Waals surface area contributed by atoms with Crippen LogP contribution >= 0.6 is 0 Å². The number of ether oxygens (including phenoxy) is 3. The topological polar surface area (TPSA) is 64.9 Å². The summed E-state index contributed by atoms with van der Waals surface area (Å²) in [7, 11) is 0. The molecule has 1 aromatic heterocycles.